The number of carbonyl (C=O) groups excluding carboxylic acids is 2. The molecule has 0 saturated carbocycles. The molecule has 1 amide bonds. The predicted octanol–water partition coefficient (Wildman–Crippen LogP) is 4.88. The van der Waals surface area contributed by atoms with Gasteiger partial charge in [-0.15, -0.1) is 11.8 Å². The average molecular weight is 536 g/mol. The van der Waals surface area contributed by atoms with Crippen LogP contribution >= 0.6 is 43.6 Å². The molecule has 29 heavy (non-hydrogen) atoms. The topological polar surface area (TPSA) is 79.2 Å². The van der Waals surface area contributed by atoms with Crippen LogP contribution in [0.2, 0.25) is 0 Å². The minimum Gasteiger partial charge on any atom is -0.468 e. The Balaban J connectivity index is 2.01. The van der Waals surface area contributed by atoms with Crippen LogP contribution in [0.5, 0.6) is 0 Å². The number of methoxy groups -OCH3 is 1. The molecule has 0 spiro atoms. The van der Waals surface area contributed by atoms with Crippen molar-refractivity contribution >= 4 is 55.5 Å². The molecule has 0 fully saturated rings. The lowest BCUT2D eigenvalue weighted by Crippen LogP contribution is -2.44. The van der Waals surface area contributed by atoms with Gasteiger partial charge in [-0.2, -0.15) is 5.26 Å². The summed E-state index contributed by atoms with van der Waals surface area (Å²) in [6, 6.07) is 17.3. The van der Waals surface area contributed by atoms with E-state index < -0.39 is 23.7 Å². The lowest BCUT2D eigenvalue weighted by atomic mass is 9.78. The quantitative estimate of drug-likeness (QED) is 0.436. The summed E-state index contributed by atoms with van der Waals surface area (Å²) < 4.78 is 6.63. The maximum atomic E-state index is 12.8. The van der Waals surface area contributed by atoms with Crippen molar-refractivity contribution in [3.05, 3.63) is 79.2 Å². The highest BCUT2D eigenvalue weighted by Gasteiger charge is 2.44. The highest BCUT2D eigenvalue weighted by molar-refractivity contribution is 9.10. The van der Waals surface area contributed by atoms with E-state index in [9.17, 15) is 14.9 Å². The first kappa shape index (κ1) is 21.6. The number of benzene rings is 2. The summed E-state index contributed by atoms with van der Waals surface area (Å²) in [6.07, 6.45) is 0. The smallest absolute Gasteiger partial charge is 0.319 e. The van der Waals surface area contributed by atoms with Gasteiger partial charge in [0.25, 0.3) is 0 Å². The molecule has 0 bridgehead atoms. The van der Waals surface area contributed by atoms with Gasteiger partial charge in [0.2, 0.25) is 5.91 Å². The van der Waals surface area contributed by atoms with Crippen LogP contribution in [0.15, 0.2) is 68.1 Å². The highest BCUT2D eigenvalue weighted by atomic mass is 79.9. The van der Waals surface area contributed by atoms with Gasteiger partial charge in [0.05, 0.1) is 23.8 Å². The van der Waals surface area contributed by atoms with E-state index in [0.717, 1.165) is 14.5 Å². The van der Waals surface area contributed by atoms with E-state index in [0.29, 0.717) is 21.9 Å². The van der Waals surface area contributed by atoms with E-state index in [-0.39, 0.29) is 0 Å². The third-order valence-corrected chi connectivity index (χ3v) is 6.60. The van der Waals surface area contributed by atoms with Gasteiger partial charge in [-0.25, -0.2) is 0 Å². The molecule has 1 heterocycles. The number of nitrogens with zero attached hydrogens (tertiary/aromatic N) is 1. The summed E-state index contributed by atoms with van der Waals surface area (Å²) in [7, 11) is 1.24. The zero-order chi connectivity index (χ0) is 21.0. The highest BCUT2D eigenvalue weighted by Crippen LogP contribution is 2.41. The zero-order valence-corrected chi connectivity index (χ0v) is 19.3. The fourth-order valence-corrected chi connectivity index (χ4v) is 4.80. The summed E-state index contributed by atoms with van der Waals surface area (Å²) in [5.41, 5.74) is 2.09. The van der Waals surface area contributed by atoms with Crippen LogP contribution < -0.4 is 5.32 Å². The number of halogens is 2. The first-order valence-corrected chi connectivity index (χ1v) is 11.2. The van der Waals surface area contributed by atoms with Crippen molar-refractivity contribution in [1.82, 2.24) is 5.32 Å². The van der Waals surface area contributed by atoms with E-state index in [1.807, 2.05) is 42.5 Å². The second kappa shape index (κ2) is 9.61. The van der Waals surface area contributed by atoms with Crippen LogP contribution in [0.25, 0.3) is 0 Å². The Labute approximate surface area is 189 Å². The number of allylic oxidation sites excluding steroid dienone is 1. The van der Waals surface area contributed by atoms with Crippen molar-refractivity contribution in [2.45, 2.75) is 11.7 Å². The van der Waals surface area contributed by atoms with E-state index in [2.05, 4.69) is 43.2 Å². The minimum atomic E-state index is -1.12. The van der Waals surface area contributed by atoms with Gasteiger partial charge in [-0.05, 0) is 35.4 Å². The fraction of sp³-hybridized carbons (Fsp3) is 0.190. The molecule has 148 valence electrons. The van der Waals surface area contributed by atoms with Gasteiger partial charge >= 0.3 is 5.97 Å². The van der Waals surface area contributed by atoms with E-state index in [1.54, 1.807) is 6.07 Å². The molecule has 8 heteroatoms. The number of carbonyl (C=O) groups is 2. The number of rotatable bonds is 5. The number of nitriles is 1. The van der Waals surface area contributed by atoms with Gasteiger partial charge in [-0.1, -0.05) is 56.1 Å². The van der Waals surface area contributed by atoms with Crippen molar-refractivity contribution < 1.29 is 14.3 Å². The summed E-state index contributed by atoms with van der Waals surface area (Å²) in [6.45, 7) is 0. The number of ether oxygens (including phenoxy) is 1. The molecule has 1 aliphatic heterocycles. The minimum absolute atomic E-state index is 0.347. The zero-order valence-electron chi connectivity index (χ0n) is 15.3. The lowest BCUT2D eigenvalue weighted by molar-refractivity contribution is -0.150. The Morgan fingerprint density at radius 1 is 1.21 bits per heavy atom. The van der Waals surface area contributed by atoms with Crippen LogP contribution in [0.3, 0.4) is 0 Å². The maximum Gasteiger partial charge on any atom is 0.319 e. The number of esters is 1. The van der Waals surface area contributed by atoms with Gasteiger partial charge in [0.15, 0.2) is 0 Å². The molecule has 5 nitrogen and oxygen atoms in total. The number of amides is 1. The predicted molar refractivity (Wildman–Crippen MR) is 119 cm³/mol. The molecule has 0 saturated heterocycles. The van der Waals surface area contributed by atoms with E-state index in [4.69, 9.17) is 4.74 Å². The van der Waals surface area contributed by atoms with Gasteiger partial charge in [0.1, 0.15) is 5.92 Å². The van der Waals surface area contributed by atoms with Crippen LogP contribution in [0.1, 0.15) is 17.0 Å². The third kappa shape index (κ3) is 4.92. The lowest BCUT2D eigenvalue weighted by Gasteiger charge is -2.31. The van der Waals surface area contributed by atoms with Gasteiger partial charge in [0, 0.05) is 20.6 Å². The molecule has 0 unspecified atom stereocenters. The molecule has 0 radical (unpaired) electrons. The van der Waals surface area contributed by atoms with Crippen molar-refractivity contribution in [1.29, 1.82) is 5.26 Å². The number of thioether (sulfide) groups is 1. The fourth-order valence-electron chi connectivity index (χ4n) is 3.12. The van der Waals surface area contributed by atoms with E-state index >= 15 is 0 Å². The second-order valence-electron chi connectivity index (χ2n) is 6.29. The monoisotopic (exact) mass is 534 g/mol. The van der Waals surface area contributed by atoms with Crippen molar-refractivity contribution in [2.24, 2.45) is 5.92 Å². The largest absolute Gasteiger partial charge is 0.468 e. The molecule has 2 aromatic carbocycles. The summed E-state index contributed by atoms with van der Waals surface area (Å²) in [4.78, 5) is 25.2. The summed E-state index contributed by atoms with van der Waals surface area (Å²) >= 11 is 8.18. The summed E-state index contributed by atoms with van der Waals surface area (Å²) in [5, 5.41) is 13.1. The number of nitrogens with one attached hydrogen (secondary N) is 1. The standard InChI is InChI=1S/C21H16Br2N2O3S/c1-28-21(27)18-17(13-3-2-4-15(23)9-13)16(10-24)20(25-19(18)26)29-11-12-5-7-14(22)8-6-12/h2-9,17-18H,11H2,1H3,(H,25,26)/t17-,18-/m0/s1. The number of hydrogen-bond donors (Lipinski definition) is 1. The van der Waals surface area contributed by atoms with Gasteiger partial charge < -0.3 is 10.1 Å². The van der Waals surface area contributed by atoms with Crippen LogP contribution in [-0.2, 0) is 20.1 Å². The Morgan fingerprint density at radius 3 is 2.55 bits per heavy atom. The molecule has 0 aliphatic carbocycles. The molecular formula is C21H16Br2N2O3S. The number of hydrogen-bond acceptors (Lipinski definition) is 5. The van der Waals surface area contributed by atoms with Crippen LogP contribution in [0, 0.1) is 17.2 Å². The molecule has 2 atom stereocenters. The van der Waals surface area contributed by atoms with Crippen molar-refractivity contribution in [3.8, 4) is 6.07 Å². The molecule has 0 aromatic heterocycles. The average Bonchev–Trinajstić information content (AvgIpc) is 2.72. The third-order valence-electron chi connectivity index (χ3n) is 4.49. The molecule has 2 aromatic rings. The van der Waals surface area contributed by atoms with Crippen molar-refractivity contribution in [3.63, 3.8) is 0 Å². The normalized spacial score (nSPS) is 18.8. The Kier molecular flexibility index (Phi) is 7.17. The Bertz CT molecular complexity index is 1020. The molecule has 1 N–H and O–H groups in total. The second-order valence-corrected chi connectivity index (χ2v) is 9.11. The molecular weight excluding hydrogens is 520 g/mol. The first-order chi connectivity index (χ1) is 13.9. The van der Waals surface area contributed by atoms with Crippen LogP contribution in [0.4, 0.5) is 0 Å². The molecule has 3 rings (SSSR count). The molecule has 1 aliphatic rings. The summed E-state index contributed by atoms with van der Waals surface area (Å²) in [5.74, 6) is -2.41. The van der Waals surface area contributed by atoms with Gasteiger partial charge in [-0.3, -0.25) is 9.59 Å². The first-order valence-electron chi connectivity index (χ1n) is 8.60. The Hall–Kier alpha value is -2.08. The SMILES string of the molecule is COC(=O)[C@@H]1C(=O)NC(SCc2ccc(Br)cc2)=C(C#N)[C@@H]1c1cccc(Br)c1. The Morgan fingerprint density at radius 2 is 1.93 bits per heavy atom. The maximum absolute atomic E-state index is 12.8. The van der Waals surface area contributed by atoms with Crippen molar-refractivity contribution in [2.75, 3.05) is 7.11 Å². The van der Waals surface area contributed by atoms with Crippen LogP contribution in [-0.4, -0.2) is 19.0 Å². The van der Waals surface area contributed by atoms with E-state index in [1.165, 1.54) is 18.9 Å².